The van der Waals surface area contributed by atoms with Gasteiger partial charge in [0, 0.05) is 18.7 Å². The molecule has 0 saturated carbocycles. The van der Waals surface area contributed by atoms with Crippen LogP contribution in [0.15, 0.2) is 54.9 Å². The third kappa shape index (κ3) is 3.99. The lowest BCUT2D eigenvalue weighted by Gasteiger charge is -2.09. The van der Waals surface area contributed by atoms with Crippen molar-refractivity contribution in [2.75, 3.05) is 6.54 Å². The van der Waals surface area contributed by atoms with Gasteiger partial charge in [-0.15, -0.1) is 0 Å². The van der Waals surface area contributed by atoms with Gasteiger partial charge in [0.05, 0.1) is 22.9 Å². The molecule has 1 N–H and O–H groups in total. The number of carbonyl (C=O) groups excluding carboxylic acids is 1. The Kier molecular flexibility index (Phi) is 4.74. The molecule has 0 bridgehead atoms. The Balaban J connectivity index is 1.51. The van der Waals surface area contributed by atoms with E-state index >= 15 is 0 Å². The molecular weight excluding hydrogens is 331 g/mol. The molecule has 0 aliphatic rings. The van der Waals surface area contributed by atoms with Crippen LogP contribution in [0.2, 0.25) is 0 Å². The molecule has 4 nitrogen and oxygen atoms in total. The molecule has 0 atom stereocenters. The number of benzene rings is 2. The van der Waals surface area contributed by atoms with Gasteiger partial charge in [-0.25, -0.2) is 4.98 Å². The Morgan fingerprint density at radius 2 is 1.80 bits per heavy atom. The number of hydrogen-bond donors (Lipinski definition) is 1. The molecule has 0 unspecified atom stereocenters. The van der Waals surface area contributed by atoms with Crippen LogP contribution in [0.25, 0.3) is 11.0 Å². The quantitative estimate of drug-likeness (QED) is 0.712. The molecule has 0 spiro atoms. The number of amides is 1. The van der Waals surface area contributed by atoms with E-state index in [2.05, 4.69) is 10.3 Å². The first-order valence-corrected chi connectivity index (χ1v) is 7.80. The molecule has 0 aliphatic heterocycles. The van der Waals surface area contributed by atoms with Crippen molar-refractivity contribution in [3.63, 3.8) is 0 Å². The number of para-hydroxylation sites is 2. The van der Waals surface area contributed by atoms with Crippen molar-refractivity contribution in [1.29, 1.82) is 0 Å². The molecule has 7 heteroatoms. The first kappa shape index (κ1) is 17.0. The topological polar surface area (TPSA) is 46.9 Å². The molecule has 1 aromatic heterocycles. The Morgan fingerprint density at radius 3 is 2.52 bits per heavy atom. The second-order valence-electron chi connectivity index (χ2n) is 5.61. The molecule has 2 aromatic carbocycles. The van der Waals surface area contributed by atoms with Crippen molar-refractivity contribution in [3.05, 3.63) is 66.0 Å². The zero-order chi connectivity index (χ0) is 17.9. The molecule has 3 rings (SSSR count). The van der Waals surface area contributed by atoms with Gasteiger partial charge >= 0.3 is 6.18 Å². The third-order valence-corrected chi connectivity index (χ3v) is 3.86. The van der Waals surface area contributed by atoms with Crippen LogP contribution in [-0.2, 0) is 12.7 Å². The Bertz CT molecular complexity index is 869. The first-order valence-electron chi connectivity index (χ1n) is 7.80. The molecule has 0 fully saturated rings. The summed E-state index contributed by atoms with van der Waals surface area (Å²) in [6.45, 7) is 1.11. The number of aryl methyl sites for hydroxylation is 1. The van der Waals surface area contributed by atoms with Gasteiger partial charge in [-0.2, -0.15) is 13.2 Å². The van der Waals surface area contributed by atoms with E-state index in [-0.39, 0.29) is 11.5 Å². The SMILES string of the molecule is O=C(NCCCn1cnc2ccccc21)c1ccc(C(F)(F)F)cc1. The molecule has 1 amide bonds. The van der Waals surface area contributed by atoms with E-state index in [0.717, 1.165) is 23.2 Å². The average Bonchev–Trinajstić information content (AvgIpc) is 3.01. The summed E-state index contributed by atoms with van der Waals surface area (Å²) in [5.41, 5.74) is 1.38. The number of fused-ring (bicyclic) bond motifs is 1. The summed E-state index contributed by atoms with van der Waals surface area (Å²) in [5, 5.41) is 2.71. The fourth-order valence-corrected chi connectivity index (χ4v) is 2.55. The van der Waals surface area contributed by atoms with E-state index < -0.39 is 11.7 Å². The number of alkyl halides is 3. The van der Waals surface area contributed by atoms with Crippen molar-refractivity contribution < 1.29 is 18.0 Å². The number of hydrogen-bond acceptors (Lipinski definition) is 2. The van der Waals surface area contributed by atoms with E-state index in [0.29, 0.717) is 19.5 Å². The highest BCUT2D eigenvalue weighted by atomic mass is 19.4. The highest BCUT2D eigenvalue weighted by molar-refractivity contribution is 5.94. The average molecular weight is 347 g/mol. The zero-order valence-corrected chi connectivity index (χ0v) is 13.3. The number of halogens is 3. The summed E-state index contributed by atoms with van der Waals surface area (Å²) < 4.78 is 39.5. The molecule has 0 saturated heterocycles. The van der Waals surface area contributed by atoms with Crippen LogP contribution < -0.4 is 5.32 Å². The van der Waals surface area contributed by atoms with E-state index in [4.69, 9.17) is 0 Å². The number of nitrogens with one attached hydrogen (secondary N) is 1. The summed E-state index contributed by atoms with van der Waals surface area (Å²) in [6, 6.07) is 11.9. The summed E-state index contributed by atoms with van der Waals surface area (Å²) in [4.78, 5) is 16.3. The molecule has 0 aliphatic carbocycles. The highest BCUT2D eigenvalue weighted by Crippen LogP contribution is 2.29. The minimum atomic E-state index is -4.40. The summed E-state index contributed by atoms with van der Waals surface area (Å²) in [5.74, 6) is -0.385. The second-order valence-corrected chi connectivity index (χ2v) is 5.61. The normalized spacial score (nSPS) is 11.6. The predicted molar refractivity (Wildman–Crippen MR) is 88.1 cm³/mol. The monoisotopic (exact) mass is 347 g/mol. The summed E-state index contributed by atoms with van der Waals surface area (Å²) >= 11 is 0. The molecule has 25 heavy (non-hydrogen) atoms. The van der Waals surface area contributed by atoms with Crippen molar-refractivity contribution in [2.45, 2.75) is 19.1 Å². The lowest BCUT2D eigenvalue weighted by Crippen LogP contribution is -2.25. The van der Waals surface area contributed by atoms with Crippen molar-refractivity contribution in [2.24, 2.45) is 0 Å². The number of rotatable bonds is 5. The van der Waals surface area contributed by atoms with Gasteiger partial charge in [0.1, 0.15) is 0 Å². The third-order valence-electron chi connectivity index (χ3n) is 3.86. The summed E-state index contributed by atoms with van der Waals surface area (Å²) in [7, 11) is 0. The van der Waals surface area contributed by atoms with Crippen LogP contribution in [0.1, 0.15) is 22.3 Å². The van der Waals surface area contributed by atoms with Crippen LogP contribution in [0.5, 0.6) is 0 Å². The van der Waals surface area contributed by atoms with Gasteiger partial charge < -0.3 is 9.88 Å². The molecule has 130 valence electrons. The highest BCUT2D eigenvalue weighted by Gasteiger charge is 2.30. The minimum Gasteiger partial charge on any atom is -0.352 e. The van der Waals surface area contributed by atoms with Gasteiger partial charge in [0.25, 0.3) is 5.91 Å². The maximum absolute atomic E-state index is 12.5. The lowest BCUT2D eigenvalue weighted by atomic mass is 10.1. The van der Waals surface area contributed by atoms with Gasteiger partial charge in [-0.05, 0) is 42.8 Å². The summed E-state index contributed by atoms with van der Waals surface area (Å²) in [6.07, 6.45) is -1.96. The standard InChI is InChI=1S/C18H16F3N3O/c19-18(20,21)14-8-6-13(7-9-14)17(25)22-10-3-11-24-12-23-15-4-1-2-5-16(15)24/h1-2,4-9,12H,3,10-11H2,(H,22,25). The van der Waals surface area contributed by atoms with Gasteiger partial charge in [0.15, 0.2) is 0 Å². The number of nitrogens with zero attached hydrogens (tertiary/aromatic N) is 2. The zero-order valence-electron chi connectivity index (χ0n) is 13.3. The van der Waals surface area contributed by atoms with Crippen LogP contribution in [-0.4, -0.2) is 22.0 Å². The maximum Gasteiger partial charge on any atom is 0.416 e. The molecule has 1 heterocycles. The van der Waals surface area contributed by atoms with Gasteiger partial charge in [-0.3, -0.25) is 4.79 Å². The van der Waals surface area contributed by atoms with Crippen LogP contribution in [0, 0.1) is 0 Å². The number of aromatic nitrogens is 2. The molecular formula is C18H16F3N3O. The van der Waals surface area contributed by atoms with E-state index in [1.54, 1.807) is 6.33 Å². The fourth-order valence-electron chi connectivity index (χ4n) is 2.55. The molecule has 0 radical (unpaired) electrons. The first-order chi connectivity index (χ1) is 11.9. The van der Waals surface area contributed by atoms with Crippen LogP contribution in [0.4, 0.5) is 13.2 Å². The Morgan fingerprint density at radius 1 is 1.08 bits per heavy atom. The Labute approximate surface area is 142 Å². The van der Waals surface area contributed by atoms with Crippen LogP contribution in [0.3, 0.4) is 0 Å². The smallest absolute Gasteiger partial charge is 0.352 e. The van der Waals surface area contributed by atoms with Crippen molar-refractivity contribution in [3.8, 4) is 0 Å². The van der Waals surface area contributed by atoms with Gasteiger partial charge in [0.2, 0.25) is 0 Å². The molecule has 3 aromatic rings. The number of imidazole rings is 1. The van der Waals surface area contributed by atoms with Gasteiger partial charge in [-0.1, -0.05) is 12.1 Å². The minimum absolute atomic E-state index is 0.209. The predicted octanol–water partition coefficient (Wildman–Crippen LogP) is 3.88. The lowest BCUT2D eigenvalue weighted by molar-refractivity contribution is -0.137. The van der Waals surface area contributed by atoms with E-state index in [1.807, 2.05) is 28.8 Å². The maximum atomic E-state index is 12.5. The second kappa shape index (κ2) is 6.96. The Hall–Kier alpha value is -2.83. The fraction of sp³-hybridized carbons (Fsp3) is 0.222. The number of carbonyl (C=O) groups is 1. The van der Waals surface area contributed by atoms with E-state index in [9.17, 15) is 18.0 Å². The largest absolute Gasteiger partial charge is 0.416 e. The van der Waals surface area contributed by atoms with Crippen molar-refractivity contribution in [1.82, 2.24) is 14.9 Å². The van der Waals surface area contributed by atoms with Crippen molar-refractivity contribution >= 4 is 16.9 Å². The van der Waals surface area contributed by atoms with Crippen LogP contribution >= 0.6 is 0 Å². The van der Waals surface area contributed by atoms with E-state index in [1.165, 1.54) is 12.1 Å².